The van der Waals surface area contributed by atoms with E-state index in [0.29, 0.717) is 30.7 Å². The smallest absolute Gasteiger partial charge is 0.405 e. The van der Waals surface area contributed by atoms with Crippen LogP contribution in [-0.2, 0) is 33.4 Å². The van der Waals surface area contributed by atoms with E-state index in [9.17, 15) is 19.5 Å². The molecular formula is C35H54N4O9. The lowest BCUT2D eigenvalue weighted by atomic mass is 9.85. The van der Waals surface area contributed by atoms with E-state index >= 15 is 0 Å². The van der Waals surface area contributed by atoms with Gasteiger partial charge in [-0.25, -0.2) is 4.79 Å². The van der Waals surface area contributed by atoms with Crippen LogP contribution in [0.15, 0.2) is 63.7 Å². The molecule has 6 atom stereocenters. The van der Waals surface area contributed by atoms with Crippen LogP contribution in [0.2, 0.25) is 0 Å². The highest BCUT2D eigenvalue weighted by atomic mass is 16.6. The van der Waals surface area contributed by atoms with Crippen LogP contribution in [-0.4, -0.2) is 105 Å². The van der Waals surface area contributed by atoms with Gasteiger partial charge >= 0.3 is 6.09 Å². The third-order valence-corrected chi connectivity index (χ3v) is 8.52. The lowest BCUT2D eigenvalue weighted by molar-refractivity contribution is -0.119. The van der Waals surface area contributed by atoms with Crippen LogP contribution in [0, 0.1) is 11.8 Å². The predicted molar refractivity (Wildman–Crippen MR) is 183 cm³/mol. The molecule has 0 aromatic carbocycles. The molecule has 2 bridgehead atoms. The molecule has 0 spiro atoms. The molecule has 2 aliphatic rings. The summed E-state index contributed by atoms with van der Waals surface area (Å²) in [4.78, 5) is 46.8. The number of allylic oxidation sites excluding steroid dienone is 4. The summed E-state index contributed by atoms with van der Waals surface area (Å²) >= 11 is 0. The molecule has 1 aliphatic heterocycles. The van der Waals surface area contributed by atoms with Crippen LogP contribution in [0.4, 0.5) is 4.79 Å². The molecule has 0 radical (unpaired) electrons. The Hall–Kier alpha value is -3.78. The van der Waals surface area contributed by atoms with Crippen molar-refractivity contribution in [2.45, 2.75) is 78.8 Å². The van der Waals surface area contributed by atoms with Gasteiger partial charge in [-0.3, -0.25) is 9.59 Å². The second-order valence-electron chi connectivity index (χ2n) is 12.1. The van der Waals surface area contributed by atoms with Gasteiger partial charge in [0.25, 0.3) is 5.91 Å². The summed E-state index contributed by atoms with van der Waals surface area (Å²) in [7, 11) is 4.42. The summed E-state index contributed by atoms with van der Waals surface area (Å²) in [6.45, 7) is 14.0. The summed E-state index contributed by atoms with van der Waals surface area (Å²) < 4.78 is 22.4. The second kappa shape index (κ2) is 19.9. The maximum Gasteiger partial charge on any atom is 0.405 e. The first-order valence-corrected chi connectivity index (χ1v) is 16.3. The zero-order valence-electron chi connectivity index (χ0n) is 29.8. The number of amides is 2. The number of carbonyl (C=O) groups excluding carboxylic acids is 3. The molecule has 0 aromatic heterocycles. The van der Waals surface area contributed by atoms with E-state index in [-0.39, 0.29) is 35.1 Å². The molecule has 1 aliphatic carbocycles. The molecule has 48 heavy (non-hydrogen) atoms. The molecule has 0 saturated heterocycles. The third-order valence-electron chi connectivity index (χ3n) is 8.52. The maximum absolute atomic E-state index is 13.9. The summed E-state index contributed by atoms with van der Waals surface area (Å²) in [5.41, 5.74) is 6.88. The van der Waals surface area contributed by atoms with Crippen LogP contribution >= 0.6 is 0 Å². The fraction of sp³-hybridized carbons (Fsp3) is 0.600. The first-order valence-electron chi connectivity index (χ1n) is 16.3. The van der Waals surface area contributed by atoms with Crippen LogP contribution in [0.1, 0.15) is 54.4 Å². The quantitative estimate of drug-likeness (QED) is 0.135. The second-order valence-corrected chi connectivity index (χ2v) is 12.1. The van der Waals surface area contributed by atoms with Gasteiger partial charge in [0.1, 0.15) is 18.4 Å². The van der Waals surface area contributed by atoms with E-state index in [0.717, 1.165) is 13.1 Å². The van der Waals surface area contributed by atoms with E-state index in [1.807, 2.05) is 13.8 Å². The first-order chi connectivity index (χ1) is 22.8. The number of rotatable bonds is 10. The number of aliphatic hydroxyl groups excluding tert-OH is 1. The number of nitrogens with zero attached hydrogens (tertiary/aromatic N) is 2. The van der Waals surface area contributed by atoms with Gasteiger partial charge in [-0.1, -0.05) is 57.2 Å². The van der Waals surface area contributed by atoms with Gasteiger partial charge in [-0.2, -0.15) is 0 Å². The van der Waals surface area contributed by atoms with Crippen LogP contribution in [0.25, 0.3) is 0 Å². The highest BCUT2D eigenvalue weighted by molar-refractivity contribution is 6.24. The van der Waals surface area contributed by atoms with E-state index < -0.39 is 48.1 Å². The van der Waals surface area contributed by atoms with Gasteiger partial charge in [0.2, 0.25) is 5.78 Å². The Morgan fingerprint density at radius 1 is 1.12 bits per heavy atom. The van der Waals surface area contributed by atoms with Gasteiger partial charge in [-0.15, -0.1) is 0 Å². The number of primary amides is 1. The van der Waals surface area contributed by atoms with Crippen LogP contribution < -0.4 is 11.1 Å². The monoisotopic (exact) mass is 674 g/mol. The van der Waals surface area contributed by atoms with Gasteiger partial charge in [-0.05, 0) is 57.3 Å². The average molecular weight is 675 g/mol. The minimum atomic E-state index is -0.990. The number of methoxy groups -OCH3 is 3. The zero-order chi connectivity index (χ0) is 36.0. The van der Waals surface area contributed by atoms with Crippen LogP contribution in [0.5, 0.6) is 0 Å². The highest BCUT2D eigenvalue weighted by Crippen LogP contribution is 2.30. The van der Waals surface area contributed by atoms with Gasteiger partial charge in [0.05, 0.1) is 25.0 Å². The largest absolute Gasteiger partial charge is 0.494 e. The maximum atomic E-state index is 13.9. The number of fused-ring (bicyclic) bond motifs is 2. The van der Waals surface area contributed by atoms with Crippen molar-refractivity contribution in [1.82, 2.24) is 10.2 Å². The fourth-order valence-corrected chi connectivity index (χ4v) is 5.69. The molecule has 0 fully saturated rings. The van der Waals surface area contributed by atoms with Crippen molar-refractivity contribution in [3.63, 3.8) is 0 Å². The molecule has 13 nitrogen and oxygen atoms in total. The first kappa shape index (κ1) is 40.4. The number of carbonyl (C=O) groups is 3. The van der Waals surface area contributed by atoms with E-state index in [4.69, 9.17) is 29.5 Å². The minimum Gasteiger partial charge on any atom is -0.494 e. The van der Waals surface area contributed by atoms with Crippen molar-refractivity contribution in [2.24, 2.45) is 22.7 Å². The van der Waals surface area contributed by atoms with Crippen molar-refractivity contribution in [1.29, 1.82) is 0 Å². The summed E-state index contributed by atoms with van der Waals surface area (Å²) in [5, 5.41) is 18.4. The third kappa shape index (κ3) is 11.4. The number of likely N-dealkylation sites (N-methyl/N-ethyl adjacent to an activating group) is 1. The fourth-order valence-electron chi connectivity index (χ4n) is 5.69. The number of ether oxygens (including phenoxy) is 4. The number of ketones is 1. The van der Waals surface area contributed by atoms with E-state index in [2.05, 4.69) is 29.2 Å². The Bertz CT molecular complexity index is 1310. The Labute approximate surface area is 284 Å². The number of hydrogen-bond acceptors (Lipinski definition) is 11. The molecule has 0 saturated carbocycles. The minimum absolute atomic E-state index is 0.0187. The molecule has 2 rings (SSSR count). The van der Waals surface area contributed by atoms with Crippen molar-refractivity contribution in [3.8, 4) is 0 Å². The molecule has 0 unspecified atom stereocenters. The van der Waals surface area contributed by atoms with Gasteiger partial charge in [0, 0.05) is 37.8 Å². The summed E-state index contributed by atoms with van der Waals surface area (Å²) in [6.07, 6.45) is 4.38. The number of nitrogens with two attached hydrogens (primary N) is 1. The van der Waals surface area contributed by atoms with E-state index in [1.54, 1.807) is 38.2 Å². The molecule has 4 N–H and O–H groups in total. The molecule has 268 valence electrons. The Kier molecular flexibility index (Phi) is 16.7. The normalized spacial score (nSPS) is 30.1. The van der Waals surface area contributed by atoms with Crippen molar-refractivity contribution in [3.05, 3.63) is 58.6 Å². The van der Waals surface area contributed by atoms with Crippen molar-refractivity contribution < 1.29 is 43.3 Å². The Morgan fingerprint density at radius 2 is 1.81 bits per heavy atom. The number of oxime groups is 1. The van der Waals surface area contributed by atoms with Gasteiger partial charge < -0.3 is 44.8 Å². The zero-order valence-corrected chi connectivity index (χ0v) is 29.8. The predicted octanol–water partition coefficient (Wildman–Crippen LogP) is 3.55. The highest BCUT2D eigenvalue weighted by Gasteiger charge is 2.33. The summed E-state index contributed by atoms with van der Waals surface area (Å²) in [5.74, 6) is -1.29. The molecule has 2 amide bonds. The summed E-state index contributed by atoms with van der Waals surface area (Å²) in [6, 6.07) is 0. The van der Waals surface area contributed by atoms with Crippen LogP contribution in [0.3, 0.4) is 0 Å². The SMILES string of the molecule is CCN(CC)CCO/N=C1/C=C2NC(=O)/C(C)=C/C=C\[C@H](OC)[C@@H](OC(N)=O)/C(C)=C/[C@H](C)[C@@H](O)[C@@H](OC)C[C@H](C)CC(=C1OC)C2=O. The van der Waals surface area contributed by atoms with E-state index in [1.165, 1.54) is 27.4 Å². The molecular weight excluding hydrogens is 620 g/mol. The molecule has 1 heterocycles. The number of nitrogens with one attached hydrogen (secondary N) is 1. The average Bonchev–Trinajstić information content (AvgIpc) is 3.05. The van der Waals surface area contributed by atoms with Crippen molar-refractivity contribution in [2.75, 3.05) is 47.6 Å². The number of hydrogen-bond donors (Lipinski definition) is 3. The Morgan fingerprint density at radius 3 is 2.40 bits per heavy atom. The lowest BCUT2D eigenvalue weighted by Crippen LogP contribution is -2.37. The lowest BCUT2D eigenvalue weighted by Gasteiger charge is -2.30. The topological polar surface area (TPSA) is 171 Å². The number of Topliss-reactive ketones (excluding diaryl/α,β-unsaturated/α-hetero) is 1. The molecule has 0 aromatic rings. The Balaban J connectivity index is 2.64. The molecule has 13 heteroatoms. The number of aliphatic hydroxyl groups is 1. The standard InChI is InChI=1S/C35H54N4O9/c1-10-39(11-2)15-16-47-38-27-20-26-31(41)25(33(27)46-9)17-21(3)18-29(45-8)30(40)23(5)19-24(6)32(48-35(36)43)28(44-7)14-12-13-22(4)34(42)37-26/h12-14,19-21,23,28-30,32,40H,10-11,15-18H2,1-9H3,(H2,36,43)(H,37,42)/b14-12-,22-13+,24-19+,38-27-/t21-,23+,28+,29+,30-,32+/m1/s1. The van der Waals surface area contributed by atoms with Crippen molar-refractivity contribution >= 4 is 23.5 Å². The van der Waals surface area contributed by atoms with Gasteiger partial charge in [0.15, 0.2) is 11.9 Å².